The Hall–Kier alpha value is -1.16. The number of nitro groups is 1. The van der Waals surface area contributed by atoms with Gasteiger partial charge in [-0.25, -0.2) is 4.39 Å². The molecule has 0 aromatic heterocycles. The fraction of sp³-hybridized carbons (Fsp3) is 0.143. The summed E-state index contributed by atoms with van der Waals surface area (Å²) in [5.74, 6) is -0.579. The molecule has 0 amide bonds. The summed E-state index contributed by atoms with van der Waals surface area (Å²) in [5, 5.41) is 10.3. The van der Waals surface area contributed by atoms with Crippen LogP contribution in [0, 0.1) is 15.9 Å². The SMILES string of the molecule is O=[N+]([O-])c1ccc(F)cc1CCl. The molecule has 0 spiro atoms. The van der Waals surface area contributed by atoms with E-state index < -0.39 is 10.7 Å². The summed E-state index contributed by atoms with van der Waals surface area (Å²) in [4.78, 5) is 9.73. The van der Waals surface area contributed by atoms with Crippen molar-refractivity contribution in [1.82, 2.24) is 0 Å². The number of rotatable bonds is 2. The summed E-state index contributed by atoms with van der Waals surface area (Å²) < 4.78 is 12.5. The van der Waals surface area contributed by atoms with Gasteiger partial charge in [-0.2, -0.15) is 0 Å². The van der Waals surface area contributed by atoms with Crippen LogP contribution in [-0.2, 0) is 5.88 Å². The number of alkyl halides is 1. The molecule has 0 atom stereocenters. The van der Waals surface area contributed by atoms with Crippen LogP contribution in [-0.4, -0.2) is 4.92 Å². The van der Waals surface area contributed by atoms with Crippen molar-refractivity contribution >= 4 is 17.3 Å². The molecule has 0 bridgehead atoms. The Morgan fingerprint density at radius 1 is 1.58 bits per heavy atom. The minimum Gasteiger partial charge on any atom is -0.258 e. The molecule has 64 valence electrons. The van der Waals surface area contributed by atoms with Gasteiger partial charge in [-0.3, -0.25) is 10.1 Å². The van der Waals surface area contributed by atoms with Crippen LogP contribution in [0.15, 0.2) is 18.2 Å². The second-order valence-corrected chi connectivity index (χ2v) is 2.43. The van der Waals surface area contributed by atoms with Gasteiger partial charge in [0, 0.05) is 11.6 Å². The maximum atomic E-state index is 12.5. The summed E-state index contributed by atoms with van der Waals surface area (Å²) in [6.07, 6.45) is 0. The molecule has 0 saturated heterocycles. The predicted octanol–water partition coefficient (Wildman–Crippen LogP) is 2.47. The Morgan fingerprint density at radius 3 is 2.75 bits per heavy atom. The molecule has 0 N–H and O–H groups in total. The van der Waals surface area contributed by atoms with E-state index >= 15 is 0 Å². The normalized spacial score (nSPS) is 9.83. The first-order valence-electron chi connectivity index (χ1n) is 3.14. The molecule has 0 aliphatic heterocycles. The van der Waals surface area contributed by atoms with Gasteiger partial charge in [0.2, 0.25) is 0 Å². The van der Waals surface area contributed by atoms with Crippen LogP contribution in [0.25, 0.3) is 0 Å². The summed E-state index contributed by atoms with van der Waals surface area (Å²) >= 11 is 5.38. The van der Waals surface area contributed by atoms with E-state index in [1.165, 1.54) is 0 Å². The minimum atomic E-state index is -0.586. The van der Waals surface area contributed by atoms with Crippen LogP contribution < -0.4 is 0 Å². The Morgan fingerprint density at radius 2 is 2.25 bits per heavy atom. The van der Waals surface area contributed by atoms with Gasteiger partial charge in [-0.15, -0.1) is 11.6 Å². The number of hydrogen-bond acceptors (Lipinski definition) is 2. The molecule has 0 saturated carbocycles. The lowest BCUT2D eigenvalue weighted by molar-refractivity contribution is -0.385. The van der Waals surface area contributed by atoms with Gasteiger partial charge in [0.05, 0.1) is 10.8 Å². The first-order valence-corrected chi connectivity index (χ1v) is 3.67. The highest BCUT2D eigenvalue weighted by Gasteiger charge is 2.12. The van der Waals surface area contributed by atoms with Crippen molar-refractivity contribution in [2.75, 3.05) is 0 Å². The lowest BCUT2D eigenvalue weighted by Gasteiger charge is -1.97. The van der Waals surface area contributed by atoms with E-state index in [9.17, 15) is 14.5 Å². The third kappa shape index (κ3) is 1.71. The van der Waals surface area contributed by atoms with Crippen molar-refractivity contribution in [3.05, 3.63) is 39.7 Å². The first kappa shape index (κ1) is 8.93. The first-order chi connectivity index (χ1) is 5.65. The second-order valence-electron chi connectivity index (χ2n) is 2.16. The molecule has 0 aliphatic carbocycles. The van der Waals surface area contributed by atoms with Gasteiger partial charge in [0.25, 0.3) is 5.69 Å². The van der Waals surface area contributed by atoms with Crippen molar-refractivity contribution in [3.8, 4) is 0 Å². The summed E-state index contributed by atoms with van der Waals surface area (Å²) in [6.45, 7) is 0. The topological polar surface area (TPSA) is 43.1 Å². The third-order valence-electron chi connectivity index (χ3n) is 1.38. The molecule has 1 rings (SSSR count). The van der Waals surface area contributed by atoms with Gasteiger partial charge < -0.3 is 0 Å². The molecule has 0 aliphatic rings. The molecular weight excluding hydrogens is 185 g/mol. The van der Waals surface area contributed by atoms with Crippen LogP contribution in [0.1, 0.15) is 5.56 Å². The zero-order valence-electron chi connectivity index (χ0n) is 5.96. The van der Waals surface area contributed by atoms with E-state index in [4.69, 9.17) is 11.6 Å². The molecule has 12 heavy (non-hydrogen) atoms. The number of nitro benzene ring substituents is 1. The van der Waals surface area contributed by atoms with Crippen LogP contribution in [0.4, 0.5) is 10.1 Å². The quantitative estimate of drug-likeness (QED) is 0.408. The van der Waals surface area contributed by atoms with Crippen molar-refractivity contribution in [2.24, 2.45) is 0 Å². The maximum absolute atomic E-state index is 12.5. The highest BCUT2D eigenvalue weighted by atomic mass is 35.5. The Labute approximate surface area is 72.9 Å². The fourth-order valence-corrected chi connectivity index (χ4v) is 1.05. The largest absolute Gasteiger partial charge is 0.274 e. The predicted molar refractivity (Wildman–Crippen MR) is 42.6 cm³/mol. The second kappa shape index (κ2) is 3.49. The van der Waals surface area contributed by atoms with E-state index in [1.807, 2.05) is 0 Å². The molecule has 0 radical (unpaired) electrons. The number of halogens is 2. The molecule has 1 aromatic rings. The molecule has 5 heteroatoms. The van der Waals surface area contributed by atoms with Gasteiger partial charge in [0.15, 0.2) is 0 Å². The molecule has 0 fully saturated rings. The third-order valence-corrected chi connectivity index (χ3v) is 1.67. The fourth-order valence-electron chi connectivity index (χ4n) is 0.839. The highest BCUT2D eigenvalue weighted by molar-refractivity contribution is 6.17. The molecule has 0 heterocycles. The number of benzene rings is 1. The maximum Gasteiger partial charge on any atom is 0.274 e. The molecule has 0 unspecified atom stereocenters. The zero-order valence-corrected chi connectivity index (χ0v) is 6.71. The van der Waals surface area contributed by atoms with Gasteiger partial charge in [-0.05, 0) is 12.1 Å². The lowest BCUT2D eigenvalue weighted by Crippen LogP contribution is -1.93. The molecule has 1 aromatic carbocycles. The molecule has 3 nitrogen and oxygen atoms in total. The van der Waals surface area contributed by atoms with E-state index in [0.717, 1.165) is 18.2 Å². The van der Waals surface area contributed by atoms with Crippen LogP contribution in [0.5, 0.6) is 0 Å². The van der Waals surface area contributed by atoms with Crippen molar-refractivity contribution < 1.29 is 9.31 Å². The van der Waals surface area contributed by atoms with E-state index in [0.29, 0.717) is 0 Å². The highest BCUT2D eigenvalue weighted by Crippen LogP contribution is 2.20. The van der Waals surface area contributed by atoms with E-state index in [2.05, 4.69) is 0 Å². The van der Waals surface area contributed by atoms with Crippen molar-refractivity contribution in [1.29, 1.82) is 0 Å². The zero-order chi connectivity index (χ0) is 9.14. The Bertz CT molecular complexity index is 316. The van der Waals surface area contributed by atoms with Crippen LogP contribution in [0.3, 0.4) is 0 Å². The van der Waals surface area contributed by atoms with Crippen molar-refractivity contribution in [2.45, 2.75) is 5.88 Å². The van der Waals surface area contributed by atoms with Crippen LogP contribution >= 0.6 is 11.6 Å². The monoisotopic (exact) mass is 189 g/mol. The lowest BCUT2D eigenvalue weighted by atomic mass is 10.2. The standard InChI is InChI=1S/C7H5ClFNO2/c8-4-5-3-6(9)1-2-7(5)10(11)12/h1-3H,4H2. The number of nitrogens with zero attached hydrogens (tertiary/aromatic N) is 1. The number of hydrogen-bond donors (Lipinski definition) is 0. The Balaban J connectivity index is 3.20. The summed E-state index contributed by atoms with van der Waals surface area (Å²) in [7, 11) is 0. The van der Waals surface area contributed by atoms with E-state index in [1.54, 1.807) is 0 Å². The summed E-state index contributed by atoms with van der Waals surface area (Å²) in [5.41, 5.74) is 0.0491. The minimum absolute atomic E-state index is 0.0614. The molecular formula is C7H5ClFNO2. The van der Waals surface area contributed by atoms with E-state index in [-0.39, 0.29) is 17.1 Å². The average Bonchev–Trinajstić information content (AvgIpc) is 2.03. The summed E-state index contributed by atoms with van der Waals surface area (Å²) in [6, 6.07) is 3.20. The van der Waals surface area contributed by atoms with Crippen molar-refractivity contribution in [3.63, 3.8) is 0 Å². The van der Waals surface area contributed by atoms with Gasteiger partial charge in [0.1, 0.15) is 5.82 Å². The Kier molecular flexibility index (Phi) is 2.60. The van der Waals surface area contributed by atoms with Crippen LogP contribution in [0.2, 0.25) is 0 Å². The van der Waals surface area contributed by atoms with Gasteiger partial charge in [-0.1, -0.05) is 0 Å². The van der Waals surface area contributed by atoms with Gasteiger partial charge >= 0.3 is 0 Å². The smallest absolute Gasteiger partial charge is 0.258 e. The average molecular weight is 190 g/mol.